The number of nitrogens with zero attached hydrogens (tertiary/aromatic N) is 1. The molecule has 0 bridgehead atoms. The Balaban J connectivity index is 3.23. The van der Waals surface area contributed by atoms with Gasteiger partial charge in [-0.15, -0.1) is 11.8 Å². The number of aliphatic imine (C=N–C) groups is 1. The topological polar surface area (TPSA) is 29.4 Å². The summed E-state index contributed by atoms with van der Waals surface area (Å²) in [6, 6.07) is 7.96. The fraction of sp³-hybridized carbons (Fsp3) is 0.364. The highest BCUT2D eigenvalue weighted by atomic mass is 32.2. The van der Waals surface area contributed by atoms with Crippen molar-refractivity contribution in [3.63, 3.8) is 0 Å². The minimum Gasteiger partial charge on any atom is -0.211 e. The van der Waals surface area contributed by atoms with E-state index in [1.54, 1.807) is 17.8 Å². The maximum absolute atomic E-state index is 10.3. The number of carbonyl (C=O) groups excluding carboxylic acids is 1. The smallest absolute Gasteiger partial charge is 0.211 e. The summed E-state index contributed by atoms with van der Waals surface area (Å²) in [5, 5.41) is 0. The summed E-state index contributed by atoms with van der Waals surface area (Å²) in [6.45, 7) is 3.82. The largest absolute Gasteiger partial charge is 0.235 e. The highest BCUT2D eigenvalue weighted by Crippen LogP contribution is 2.31. The van der Waals surface area contributed by atoms with Gasteiger partial charge in [0, 0.05) is 4.90 Å². The predicted molar refractivity (Wildman–Crippen MR) is 59.4 cm³/mol. The van der Waals surface area contributed by atoms with Crippen molar-refractivity contribution in [2.45, 2.75) is 24.3 Å². The van der Waals surface area contributed by atoms with Crippen LogP contribution in [0.25, 0.3) is 0 Å². The molecule has 1 aromatic carbocycles. The number of hydrogen-bond donors (Lipinski definition) is 0. The fourth-order valence-electron chi connectivity index (χ4n) is 1.32. The molecule has 0 N–H and O–H groups in total. The highest BCUT2D eigenvalue weighted by Gasteiger charge is 2.21. The molecule has 0 unspecified atom stereocenters. The van der Waals surface area contributed by atoms with Gasteiger partial charge in [0.1, 0.15) is 0 Å². The average Bonchev–Trinajstić information content (AvgIpc) is 2.18. The summed E-state index contributed by atoms with van der Waals surface area (Å²) in [5.74, 6) is 0. The molecule has 0 saturated heterocycles. The van der Waals surface area contributed by atoms with Crippen molar-refractivity contribution in [3.05, 3.63) is 29.8 Å². The van der Waals surface area contributed by atoms with Crippen molar-refractivity contribution in [3.8, 4) is 0 Å². The summed E-state index contributed by atoms with van der Waals surface area (Å²) < 4.78 is 0. The molecule has 0 aliphatic heterocycles. The van der Waals surface area contributed by atoms with Gasteiger partial charge in [0.25, 0.3) is 0 Å². The number of hydrogen-bond acceptors (Lipinski definition) is 3. The van der Waals surface area contributed by atoms with Crippen LogP contribution in [0.15, 0.2) is 34.2 Å². The molecule has 0 saturated carbocycles. The van der Waals surface area contributed by atoms with Crippen molar-refractivity contribution in [1.29, 1.82) is 0 Å². The summed E-state index contributed by atoms with van der Waals surface area (Å²) in [5.41, 5.74) is 0.581. The van der Waals surface area contributed by atoms with E-state index in [0.717, 1.165) is 10.5 Å². The normalized spacial score (nSPS) is 10.8. The quantitative estimate of drug-likeness (QED) is 0.433. The zero-order valence-electron chi connectivity index (χ0n) is 8.57. The van der Waals surface area contributed by atoms with Gasteiger partial charge in [-0.3, -0.25) is 0 Å². The van der Waals surface area contributed by atoms with Gasteiger partial charge < -0.3 is 0 Å². The lowest BCUT2D eigenvalue weighted by Gasteiger charge is -2.20. The first-order valence-corrected chi connectivity index (χ1v) is 5.57. The van der Waals surface area contributed by atoms with Crippen LogP contribution in [0.3, 0.4) is 0 Å². The first-order chi connectivity index (χ1) is 6.61. The third-order valence-electron chi connectivity index (χ3n) is 2.09. The fourth-order valence-corrected chi connectivity index (χ4v) is 2.08. The maximum Gasteiger partial charge on any atom is 0.235 e. The molecule has 14 heavy (non-hydrogen) atoms. The molecule has 0 aromatic heterocycles. The lowest BCUT2D eigenvalue weighted by atomic mass is 9.95. The Labute approximate surface area is 88.4 Å². The molecule has 0 aliphatic carbocycles. The van der Waals surface area contributed by atoms with Crippen LogP contribution in [0, 0.1) is 0 Å². The van der Waals surface area contributed by atoms with Gasteiger partial charge in [-0.05, 0) is 31.7 Å². The molecule has 2 nitrogen and oxygen atoms in total. The van der Waals surface area contributed by atoms with Crippen LogP contribution < -0.4 is 0 Å². The second-order valence-electron chi connectivity index (χ2n) is 3.46. The van der Waals surface area contributed by atoms with Crippen molar-refractivity contribution >= 4 is 17.8 Å². The lowest BCUT2D eigenvalue weighted by Crippen LogP contribution is -2.14. The third-order valence-corrected chi connectivity index (χ3v) is 2.89. The van der Waals surface area contributed by atoms with E-state index in [9.17, 15) is 4.79 Å². The van der Waals surface area contributed by atoms with Crippen LogP contribution in [0.1, 0.15) is 19.4 Å². The van der Waals surface area contributed by atoms with Gasteiger partial charge in [0.2, 0.25) is 6.08 Å². The Morgan fingerprint density at radius 1 is 1.36 bits per heavy atom. The molecule has 1 rings (SSSR count). The van der Waals surface area contributed by atoms with Crippen molar-refractivity contribution < 1.29 is 4.79 Å². The van der Waals surface area contributed by atoms with Crippen LogP contribution in [-0.4, -0.2) is 12.3 Å². The molecule has 0 fully saturated rings. The van der Waals surface area contributed by atoms with Gasteiger partial charge in [-0.1, -0.05) is 18.2 Å². The molecule has 0 radical (unpaired) electrons. The summed E-state index contributed by atoms with van der Waals surface area (Å²) >= 11 is 1.66. The average molecular weight is 207 g/mol. The van der Waals surface area contributed by atoms with E-state index in [0.29, 0.717) is 0 Å². The van der Waals surface area contributed by atoms with Crippen molar-refractivity contribution in [2.75, 3.05) is 6.26 Å². The number of thioether (sulfide) groups is 1. The highest BCUT2D eigenvalue weighted by molar-refractivity contribution is 7.98. The first-order valence-electron chi connectivity index (χ1n) is 4.34. The van der Waals surface area contributed by atoms with Crippen LogP contribution in [0.4, 0.5) is 0 Å². The Kier molecular flexibility index (Phi) is 3.50. The van der Waals surface area contributed by atoms with Gasteiger partial charge in [-0.2, -0.15) is 4.99 Å². The molecule has 0 amide bonds. The van der Waals surface area contributed by atoms with Crippen LogP contribution in [0.5, 0.6) is 0 Å². The Bertz CT molecular complexity index is 367. The summed E-state index contributed by atoms with van der Waals surface area (Å²) in [7, 11) is 0. The molecule has 1 aromatic rings. The molecule has 0 aliphatic rings. The molecule has 0 spiro atoms. The molecular formula is C11H13NOS. The number of isocyanates is 1. The minimum atomic E-state index is -0.485. The van der Waals surface area contributed by atoms with Crippen LogP contribution in [0.2, 0.25) is 0 Å². The van der Waals surface area contributed by atoms with E-state index >= 15 is 0 Å². The van der Waals surface area contributed by atoms with Crippen molar-refractivity contribution in [1.82, 2.24) is 0 Å². The molecule has 74 valence electrons. The monoisotopic (exact) mass is 207 g/mol. The summed E-state index contributed by atoms with van der Waals surface area (Å²) in [6.07, 6.45) is 3.64. The lowest BCUT2D eigenvalue weighted by molar-refractivity contribution is 0.517. The second-order valence-corrected chi connectivity index (χ2v) is 4.31. The minimum absolute atomic E-state index is 0.485. The molecule has 3 heteroatoms. The van der Waals surface area contributed by atoms with Crippen molar-refractivity contribution in [2.24, 2.45) is 4.99 Å². The molecule has 0 heterocycles. The van der Waals surface area contributed by atoms with Crippen LogP contribution >= 0.6 is 11.8 Å². The first kappa shape index (κ1) is 11.0. The number of rotatable bonds is 3. The van der Waals surface area contributed by atoms with Gasteiger partial charge >= 0.3 is 0 Å². The zero-order valence-corrected chi connectivity index (χ0v) is 9.39. The number of benzene rings is 1. The molecule has 0 atom stereocenters. The Morgan fingerprint density at radius 2 is 2.00 bits per heavy atom. The standard InChI is InChI=1S/C11H13NOS/c1-11(2,12-8-13)9-6-4-5-7-10(9)14-3/h4-7H,1-3H3. The molecular weight excluding hydrogens is 194 g/mol. The Morgan fingerprint density at radius 3 is 2.57 bits per heavy atom. The SMILES string of the molecule is CSc1ccccc1C(C)(C)N=C=O. The van der Waals surface area contributed by atoms with E-state index in [-0.39, 0.29) is 0 Å². The van der Waals surface area contributed by atoms with E-state index in [1.807, 2.05) is 44.4 Å². The van der Waals surface area contributed by atoms with Gasteiger partial charge in [0.15, 0.2) is 0 Å². The van der Waals surface area contributed by atoms with Gasteiger partial charge in [-0.25, -0.2) is 4.79 Å². The van der Waals surface area contributed by atoms with E-state index in [4.69, 9.17) is 0 Å². The van der Waals surface area contributed by atoms with Crippen LogP contribution in [-0.2, 0) is 10.3 Å². The van der Waals surface area contributed by atoms with E-state index < -0.39 is 5.54 Å². The summed E-state index contributed by atoms with van der Waals surface area (Å²) in [4.78, 5) is 15.3. The van der Waals surface area contributed by atoms with Gasteiger partial charge in [0.05, 0.1) is 5.54 Å². The predicted octanol–water partition coefficient (Wildman–Crippen LogP) is 2.98. The Hall–Kier alpha value is -1.05. The second kappa shape index (κ2) is 4.45. The maximum atomic E-state index is 10.3. The zero-order chi connectivity index (χ0) is 10.6. The van der Waals surface area contributed by atoms with E-state index in [2.05, 4.69) is 4.99 Å². The van der Waals surface area contributed by atoms with E-state index in [1.165, 1.54) is 0 Å². The third kappa shape index (κ3) is 2.25.